The third-order valence-electron chi connectivity index (χ3n) is 1.54. The zero-order chi connectivity index (χ0) is 9.56. The molecule has 0 aliphatic heterocycles. The van der Waals surface area contributed by atoms with E-state index in [4.69, 9.17) is 9.84 Å². The molecule has 0 aliphatic rings. The molecule has 0 aromatic carbocycles. The average Bonchev–Trinajstić information content (AvgIpc) is 2.03. The number of hydrogen-bond acceptors (Lipinski definition) is 3. The molecule has 0 fully saturated rings. The molecule has 4 heteroatoms. The van der Waals surface area contributed by atoms with E-state index in [1.54, 1.807) is 0 Å². The number of hydrogen-bond donors (Lipinski definition) is 1. The van der Waals surface area contributed by atoms with E-state index in [1.165, 1.54) is 0 Å². The smallest absolute Gasteiger partial charge is 0.372 e. The minimum absolute atomic E-state index is 0.0420. The topological polar surface area (TPSA) is 63.6 Å². The second-order valence-corrected chi connectivity index (χ2v) is 2.57. The first kappa shape index (κ1) is 11.1. The first-order valence-corrected chi connectivity index (χ1v) is 3.95. The molecule has 0 aromatic heterocycles. The molecule has 0 heterocycles. The van der Waals surface area contributed by atoms with Gasteiger partial charge in [0.05, 0.1) is 12.7 Å². The Hall–Kier alpha value is -0.900. The van der Waals surface area contributed by atoms with Gasteiger partial charge in [0.15, 0.2) is 0 Å². The number of ether oxygens (including phenoxy) is 1. The van der Waals surface area contributed by atoms with Gasteiger partial charge in [0, 0.05) is 6.42 Å². The number of rotatable bonds is 6. The molecule has 0 amide bonds. The fourth-order valence-electron chi connectivity index (χ4n) is 0.578. The molecule has 1 N–H and O–H groups in total. The number of carbonyl (C=O) groups excluding carboxylic acids is 1. The highest BCUT2D eigenvalue weighted by molar-refractivity contribution is 6.32. The molecule has 1 unspecified atom stereocenters. The fraction of sp³-hybridized carbons (Fsp3) is 0.750. The lowest BCUT2D eigenvalue weighted by atomic mass is 10.3. The van der Waals surface area contributed by atoms with E-state index in [1.807, 2.05) is 13.8 Å². The molecule has 0 saturated heterocycles. The van der Waals surface area contributed by atoms with E-state index in [0.717, 1.165) is 6.42 Å². The molecule has 0 bridgehead atoms. The summed E-state index contributed by atoms with van der Waals surface area (Å²) in [5, 5.41) is 8.20. The first-order valence-electron chi connectivity index (χ1n) is 3.95. The van der Waals surface area contributed by atoms with Gasteiger partial charge >= 0.3 is 5.97 Å². The van der Waals surface area contributed by atoms with Gasteiger partial charge in [-0.2, -0.15) is 0 Å². The monoisotopic (exact) mass is 174 g/mol. The van der Waals surface area contributed by atoms with Gasteiger partial charge in [0.25, 0.3) is 0 Å². The SMILES string of the molecule is CCC(C)OCCC(=O)C(=O)O. The van der Waals surface area contributed by atoms with Crippen molar-refractivity contribution in [2.75, 3.05) is 6.61 Å². The van der Waals surface area contributed by atoms with E-state index in [9.17, 15) is 9.59 Å². The normalized spacial score (nSPS) is 12.5. The van der Waals surface area contributed by atoms with Gasteiger partial charge in [-0.1, -0.05) is 6.92 Å². The predicted octanol–water partition coefficient (Wildman–Crippen LogP) is 0.845. The standard InChI is InChI=1S/C8H14O4/c1-3-6(2)12-5-4-7(9)8(10)11/h6H,3-5H2,1-2H3,(H,10,11). The molecule has 0 spiro atoms. The summed E-state index contributed by atoms with van der Waals surface area (Å²) in [7, 11) is 0. The van der Waals surface area contributed by atoms with Crippen LogP contribution in [0.15, 0.2) is 0 Å². The first-order chi connectivity index (χ1) is 5.57. The Labute approximate surface area is 71.5 Å². The maximum Gasteiger partial charge on any atom is 0.372 e. The summed E-state index contributed by atoms with van der Waals surface area (Å²) in [5.41, 5.74) is 0. The fourth-order valence-corrected chi connectivity index (χ4v) is 0.578. The van der Waals surface area contributed by atoms with Gasteiger partial charge in [-0.25, -0.2) is 4.79 Å². The number of aliphatic carboxylic acids is 1. The lowest BCUT2D eigenvalue weighted by molar-refractivity contribution is -0.149. The second-order valence-electron chi connectivity index (χ2n) is 2.57. The highest BCUT2D eigenvalue weighted by Gasteiger charge is 2.10. The molecule has 12 heavy (non-hydrogen) atoms. The van der Waals surface area contributed by atoms with Crippen LogP contribution in [0, 0.1) is 0 Å². The number of carboxylic acids is 1. The van der Waals surface area contributed by atoms with Crippen LogP contribution in [0.1, 0.15) is 26.7 Å². The molecule has 4 nitrogen and oxygen atoms in total. The Morgan fingerprint density at radius 1 is 1.50 bits per heavy atom. The third kappa shape index (κ3) is 4.85. The average molecular weight is 174 g/mol. The van der Waals surface area contributed by atoms with Gasteiger partial charge in [-0.05, 0) is 13.3 Å². The maximum atomic E-state index is 10.5. The van der Waals surface area contributed by atoms with Crippen molar-refractivity contribution >= 4 is 11.8 Å². The van der Waals surface area contributed by atoms with Crippen LogP contribution in [-0.4, -0.2) is 29.6 Å². The van der Waals surface area contributed by atoms with Crippen LogP contribution < -0.4 is 0 Å². The van der Waals surface area contributed by atoms with Crippen LogP contribution in [0.4, 0.5) is 0 Å². The van der Waals surface area contributed by atoms with Crippen molar-refractivity contribution in [2.45, 2.75) is 32.8 Å². The molecule has 70 valence electrons. The van der Waals surface area contributed by atoms with Gasteiger partial charge in [-0.15, -0.1) is 0 Å². The van der Waals surface area contributed by atoms with Crippen LogP contribution in [0.2, 0.25) is 0 Å². The highest BCUT2D eigenvalue weighted by atomic mass is 16.5. The zero-order valence-corrected chi connectivity index (χ0v) is 7.37. The molecule has 0 radical (unpaired) electrons. The van der Waals surface area contributed by atoms with Gasteiger partial charge in [-0.3, -0.25) is 4.79 Å². The van der Waals surface area contributed by atoms with E-state index in [2.05, 4.69) is 0 Å². The maximum absolute atomic E-state index is 10.5. The van der Waals surface area contributed by atoms with Crippen LogP contribution >= 0.6 is 0 Å². The Morgan fingerprint density at radius 2 is 2.08 bits per heavy atom. The van der Waals surface area contributed by atoms with Crippen LogP contribution in [0.25, 0.3) is 0 Å². The molecule has 0 rings (SSSR count). The second kappa shape index (κ2) is 5.71. The van der Waals surface area contributed by atoms with Crippen LogP contribution in [0.3, 0.4) is 0 Å². The summed E-state index contributed by atoms with van der Waals surface area (Å²) in [6.45, 7) is 4.04. The quantitative estimate of drug-likeness (QED) is 0.606. The Bertz CT molecular complexity index is 164. The number of carboxylic acid groups (broad SMARTS) is 1. The van der Waals surface area contributed by atoms with E-state index in [0.29, 0.717) is 0 Å². The lowest BCUT2D eigenvalue weighted by Gasteiger charge is -2.08. The lowest BCUT2D eigenvalue weighted by Crippen LogP contribution is -2.17. The van der Waals surface area contributed by atoms with Crippen molar-refractivity contribution in [2.24, 2.45) is 0 Å². The summed E-state index contributed by atoms with van der Waals surface area (Å²) in [5.74, 6) is -2.18. The van der Waals surface area contributed by atoms with Crippen molar-refractivity contribution in [3.63, 3.8) is 0 Å². The van der Waals surface area contributed by atoms with E-state index >= 15 is 0 Å². The summed E-state index contributed by atoms with van der Waals surface area (Å²) in [6, 6.07) is 0. The summed E-state index contributed by atoms with van der Waals surface area (Å²) in [4.78, 5) is 20.6. The van der Waals surface area contributed by atoms with Crippen molar-refractivity contribution in [1.29, 1.82) is 0 Å². The summed E-state index contributed by atoms with van der Waals surface area (Å²) < 4.78 is 5.13. The molecule has 1 atom stereocenters. The minimum atomic E-state index is -1.39. The number of ketones is 1. The zero-order valence-electron chi connectivity index (χ0n) is 7.37. The van der Waals surface area contributed by atoms with E-state index in [-0.39, 0.29) is 19.1 Å². The molecular weight excluding hydrogens is 160 g/mol. The molecular formula is C8H14O4. The van der Waals surface area contributed by atoms with Crippen LogP contribution in [-0.2, 0) is 14.3 Å². The van der Waals surface area contributed by atoms with Crippen molar-refractivity contribution < 1.29 is 19.4 Å². The minimum Gasteiger partial charge on any atom is -0.475 e. The largest absolute Gasteiger partial charge is 0.475 e. The Balaban J connectivity index is 3.44. The summed E-state index contributed by atoms with van der Waals surface area (Å²) in [6.07, 6.45) is 0.910. The van der Waals surface area contributed by atoms with E-state index < -0.39 is 11.8 Å². The predicted molar refractivity (Wildman–Crippen MR) is 43.0 cm³/mol. The third-order valence-corrected chi connectivity index (χ3v) is 1.54. The molecule has 0 aliphatic carbocycles. The summed E-state index contributed by atoms with van der Waals surface area (Å²) >= 11 is 0. The van der Waals surface area contributed by atoms with Crippen molar-refractivity contribution in [1.82, 2.24) is 0 Å². The number of carbonyl (C=O) groups is 2. The van der Waals surface area contributed by atoms with Crippen LogP contribution in [0.5, 0.6) is 0 Å². The van der Waals surface area contributed by atoms with Gasteiger partial charge in [0.2, 0.25) is 5.78 Å². The van der Waals surface area contributed by atoms with Crippen molar-refractivity contribution in [3.8, 4) is 0 Å². The van der Waals surface area contributed by atoms with Crippen molar-refractivity contribution in [3.05, 3.63) is 0 Å². The Kier molecular flexibility index (Phi) is 5.28. The van der Waals surface area contributed by atoms with Gasteiger partial charge in [0.1, 0.15) is 0 Å². The van der Waals surface area contributed by atoms with Gasteiger partial charge < -0.3 is 9.84 Å². The Morgan fingerprint density at radius 3 is 2.50 bits per heavy atom. The molecule has 0 saturated carbocycles. The molecule has 0 aromatic rings. The highest BCUT2D eigenvalue weighted by Crippen LogP contribution is 1.96. The number of Topliss-reactive ketones (excluding diaryl/α,β-unsaturated/α-hetero) is 1.